The maximum Gasteiger partial charge on any atom is 0.341 e. The lowest BCUT2D eigenvalue weighted by molar-refractivity contribution is -0.0512. The fourth-order valence-corrected chi connectivity index (χ4v) is 3.52. The minimum atomic E-state index is -4.65. The number of ether oxygens (including phenoxy) is 2. The number of nitrogens with zero attached hydrogens (tertiary/aromatic N) is 1. The van der Waals surface area contributed by atoms with Crippen molar-refractivity contribution in [1.29, 1.82) is 0 Å². The Kier molecular flexibility index (Phi) is 5.36. The van der Waals surface area contributed by atoms with Gasteiger partial charge in [-0.25, -0.2) is 8.42 Å². The molecule has 0 bridgehead atoms. The van der Waals surface area contributed by atoms with Crippen LogP contribution < -0.4 is 4.90 Å². The van der Waals surface area contributed by atoms with E-state index in [4.69, 9.17) is 9.47 Å². The highest BCUT2D eigenvalue weighted by molar-refractivity contribution is 7.91. The molecule has 0 spiro atoms. The van der Waals surface area contributed by atoms with Gasteiger partial charge in [-0.05, 0) is 19.1 Å². The van der Waals surface area contributed by atoms with E-state index in [9.17, 15) is 17.2 Å². The molecule has 1 fully saturated rings. The van der Waals surface area contributed by atoms with Gasteiger partial charge in [-0.3, -0.25) is 0 Å². The first-order valence-corrected chi connectivity index (χ1v) is 8.41. The number of para-hydroxylation sites is 1. The molecule has 8 heteroatoms. The van der Waals surface area contributed by atoms with Gasteiger partial charge >= 0.3 is 5.76 Å². The normalized spacial score (nSPS) is 23.0. The standard InChI is InChI=1S/C14H19F2NO4S/c1-10-7-17(8-11(21-10)9-20-2)12-5-3-4-6-13(12)22(18,19)14(15)16/h3-6,10-11,14H,7-9H2,1-2H3. The number of sulfone groups is 1. The Hall–Kier alpha value is -1.25. The van der Waals surface area contributed by atoms with Gasteiger partial charge < -0.3 is 14.4 Å². The molecule has 1 aromatic carbocycles. The SMILES string of the molecule is COCC1CN(c2ccccc2S(=O)(=O)C(F)F)CC(C)O1. The summed E-state index contributed by atoms with van der Waals surface area (Å²) in [5.41, 5.74) is 0.277. The summed E-state index contributed by atoms with van der Waals surface area (Å²) in [7, 11) is -3.11. The molecule has 2 atom stereocenters. The lowest BCUT2D eigenvalue weighted by Gasteiger charge is -2.38. The maximum atomic E-state index is 12.9. The zero-order valence-corrected chi connectivity index (χ0v) is 13.2. The van der Waals surface area contributed by atoms with Crippen LogP contribution in [0, 0.1) is 0 Å². The second kappa shape index (κ2) is 6.89. The van der Waals surface area contributed by atoms with Gasteiger partial charge in [0.2, 0.25) is 9.84 Å². The molecule has 2 unspecified atom stereocenters. The van der Waals surface area contributed by atoms with Gasteiger partial charge in [0.15, 0.2) is 0 Å². The van der Waals surface area contributed by atoms with Gasteiger partial charge in [0.05, 0.1) is 29.4 Å². The number of hydrogen-bond acceptors (Lipinski definition) is 5. The molecule has 0 N–H and O–H groups in total. The highest BCUT2D eigenvalue weighted by Gasteiger charge is 2.33. The number of halogens is 2. The Balaban J connectivity index is 2.36. The summed E-state index contributed by atoms with van der Waals surface area (Å²) in [5, 5.41) is 0. The smallest absolute Gasteiger partial charge is 0.341 e. The molecule has 1 aliphatic heterocycles. The predicted molar refractivity (Wildman–Crippen MR) is 78.1 cm³/mol. The second-order valence-corrected chi connectivity index (χ2v) is 7.09. The van der Waals surface area contributed by atoms with E-state index in [0.29, 0.717) is 19.7 Å². The second-order valence-electron chi connectivity index (χ2n) is 5.20. The molecule has 1 heterocycles. The maximum absolute atomic E-state index is 12.9. The monoisotopic (exact) mass is 335 g/mol. The fourth-order valence-electron chi connectivity index (χ4n) is 2.57. The van der Waals surface area contributed by atoms with Crippen molar-refractivity contribution in [3.8, 4) is 0 Å². The minimum absolute atomic E-state index is 0.156. The van der Waals surface area contributed by atoms with Crippen molar-refractivity contribution in [2.75, 3.05) is 31.7 Å². The van der Waals surface area contributed by atoms with Gasteiger partial charge in [0.1, 0.15) is 0 Å². The summed E-state index contributed by atoms with van der Waals surface area (Å²) in [4.78, 5) is 1.41. The summed E-state index contributed by atoms with van der Waals surface area (Å²) in [6, 6.07) is 5.82. The van der Waals surface area contributed by atoms with Crippen LogP contribution >= 0.6 is 0 Å². The number of anilines is 1. The van der Waals surface area contributed by atoms with Crippen LogP contribution in [0.2, 0.25) is 0 Å². The van der Waals surface area contributed by atoms with Crippen LogP contribution in [0.5, 0.6) is 0 Å². The van der Waals surface area contributed by atoms with Crippen LogP contribution in [0.4, 0.5) is 14.5 Å². The number of alkyl halides is 2. The van der Waals surface area contributed by atoms with E-state index in [1.807, 2.05) is 6.92 Å². The molecule has 1 aromatic rings. The first-order valence-electron chi connectivity index (χ1n) is 6.86. The zero-order chi connectivity index (χ0) is 16.3. The molecule has 1 saturated heterocycles. The third kappa shape index (κ3) is 3.56. The molecule has 0 saturated carbocycles. The lowest BCUT2D eigenvalue weighted by atomic mass is 10.2. The van der Waals surface area contributed by atoms with E-state index in [2.05, 4.69) is 0 Å². The Morgan fingerprint density at radius 1 is 1.36 bits per heavy atom. The number of morpholine rings is 1. The number of methoxy groups -OCH3 is 1. The Morgan fingerprint density at radius 2 is 2.05 bits per heavy atom. The van der Waals surface area contributed by atoms with E-state index in [0.717, 1.165) is 0 Å². The summed E-state index contributed by atoms with van der Waals surface area (Å²) in [6.07, 6.45) is -0.396. The van der Waals surface area contributed by atoms with Gasteiger partial charge in [0.25, 0.3) is 0 Å². The summed E-state index contributed by atoms with van der Waals surface area (Å²) in [6.45, 7) is 3.01. The van der Waals surface area contributed by atoms with Crippen LogP contribution in [0.3, 0.4) is 0 Å². The van der Waals surface area contributed by atoms with Crippen molar-refractivity contribution >= 4 is 15.5 Å². The number of hydrogen-bond donors (Lipinski definition) is 0. The molecule has 1 aliphatic rings. The highest BCUT2D eigenvalue weighted by Crippen LogP contribution is 2.31. The Morgan fingerprint density at radius 3 is 2.68 bits per heavy atom. The van der Waals surface area contributed by atoms with Gasteiger partial charge in [0, 0.05) is 20.2 Å². The average molecular weight is 335 g/mol. The van der Waals surface area contributed by atoms with E-state index in [1.165, 1.54) is 18.2 Å². The minimum Gasteiger partial charge on any atom is -0.382 e. The van der Waals surface area contributed by atoms with Crippen LogP contribution in [-0.2, 0) is 19.3 Å². The first kappa shape index (κ1) is 17.1. The summed E-state index contributed by atoms with van der Waals surface area (Å²) in [5.74, 6) is -3.44. The topological polar surface area (TPSA) is 55.8 Å². The van der Waals surface area contributed by atoms with Crippen molar-refractivity contribution < 1.29 is 26.7 Å². The highest BCUT2D eigenvalue weighted by atomic mass is 32.2. The predicted octanol–water partition coefficient (Wildman–Crippen LogP) is 1.92. The largest absolute Gasteiger partial charge is 0.382 e. The quantitative estimate of drug-likeness (QED) is 0.823. The van der Waals surface area contributed by atoms with Crippen LogP contribution in [0.1, 0.15) is 6.92 Å². The van der Waals surface area contributed by atoms with Crippen molar-refractivity contribution in [3.05, 3.63) is 24.3 Å². The molecule has 0 radical (unpaired) electrons. The number of benzene rings is 1. The molecule has 5 nitrogen and oxygen atoms in total. The molecular formula is C14H19F2NO4S. The summed E-state index contributed by atoms with van der Waals surface area (Å²) < 4.78 is 60.2. The first-order chi connectivity index (χ1) is 10.4. The van der Waals surface area contributed by atoms with Crippen LogP contribution in [-0.4, -0.2) is 53.2 Å². The Labute approximate surface area is 128 Å². The van der Waals surface area contributed by atoms with Crippen LogP contribution in [0.25, 0.3) is 0 Å². The van der Waals surface area contributed by atoms with E-state index in [-0.39, 0.29) is 22.8 Å². The van der Waals surface area contributed by atoms with Gasteiger partial charge in [-0.1, -0.05) is 12.1 Å². The molecular weight excluding hydrogens is 316 g/mol. The third-order valence-corrected chi connectivity index (χ3v) is 4.85. The van der Waals surface area contributed by atoms with Crippen molar-refractivity contribution in [2.24, 2.45) is 0 Å². The van der Waals surface area contributed by atoms with Gasteiger partial charge in [-0.2, -0.15) is 8.78 Å². The van der Waals surface area contributed by atoms with E-state index >= 15 is 0 Å². The zero-order valence-electron chi connectivity index (χ0n) is 12.4. The molecule has 0 aliphatic carbocycles. The van der Waals surface area contributed by atoms with Crippen molar-refractivity contribution in [1.82, 2.24) is 0 Å². The van der Waals surface area contributed by atoms with E-state index in [1.54, 1.807) is 18.1 Å². The molecule has 0 aromatic heterocycles. The van der Waals surface area contributed by atoms with E-state index < -0.39 is 15.6 Å². The number of rotatable bonds is 5. The van der Waals surface area contributed by atoms with Crippen molar-refractivity contribution in [3.63, 3.8) is 0 Å². The Bertz CT molecular complexity index is 609. The van der Waals surface area contributed by atoms with Crippen molar-refractivity contribution in [2.45, 2.75) is 29.8 Å². The lowest BCUT2D eigenvalue weighted by Crippen LogP contribution is -2.48. The summed E-state index contributed by atoms with van der Waals surface area (Å²) >= 11 is 0. The molecule has 124 valence electrons. The van der Waals surface area contributed by atoms with Gasteiger partial charge in [-0.15, -0.1) is 0 Å². The average Bonchev–Trinajstić information content (AvgIpc) is 2.47. The molecule has 0 amide bonds. The third-order valence-electron chi connectivity index (χ3n) is 3.43. The fraction of sp³-hybridized carbons (Fsp3) is 0.571. The molecule has 22 heavy (non-hydrogen) atoms. The molecule has 2 rings (SSSR count). The van der Waals surface area contributed by atoms with Crippen LogP contribution in [0.15, 0.2) is 29.2 Å².